The van der Waals surface area contributed by atoms with Crippen LogP contribution in [0.3, 0.4) is 0 Å². The van der Waals surface area contributed by atoms with E-state index in [2.05, 4.69) is 110 Å². The summed E-state index contributed by atoms with van der Waals surface area (Å²) in [4.78, 5) is 0. The van der Waals surface area contributed by atoms with Crippen LogP contribution in [-0.4, -0.2) is 5.43 Å². The zero-order chi connectivity index (χ0) is 26.8. The third-order valence-electron chi connectivity index (χ3n) is 6.69. The molecule has 0 N–H and O–H groups in total. The molecule has 0 nitrogen and oxygen atoms in total. The van der Waals surface area contributed by atoms with Crippen molar-refractivity contribution < 1.29 is 23.3 Å². The Labute approximate surface area is 237 Å². The van der Waals surface area contributed by atoms with Crippen LogP contribution in [0.25, 0.3) is 21.5 Å². The molecule has 0 amide bonds. The molecule has 0 fully saturated rings. The first-order chi connectivity index (χ1) is 17.0. The number of allylic oxidation sites excluding steroid dienone is 4. The molecule has 192 valence electrons. The maximum absolute atomic E-state index is 2.99. The summed E-state index contributed by atoms with van der Waals surface area (Å²) in [5, 5.41) is 5.48. The van der Waals surface area contributed by atoms with Gasteiger partial charge in [-0.15, -0.1) is 46.2 Å². The summed E-state index contributed by atoms with van der Waals surface area (Å²) in [6.45, 7) is 18.2. The first kappa shape index (κ1) is 31.1. The first-order valence-electron chi connectivity index (χ1n) is 13.9. The number of benzene rings is 2. The van der Waals surface area contributed by atoms with Crippen LogP contribution < -0.4 is 0 Å². The Kier molecular flexibility index (Phi) is 12.7. The molecule has 0 unspecified atom stereocenters. The van der Waals surface area contributed by atoms with Gasteiger partial charge in [0.1, 0.15) is 0 Å². The fourth-order valence-electron chi connectivity index (χ4n) is 4.20. The van der Waals surface area contributed by atoms with Crippen molar-refractivity contribution in [2.75, 3.05) is 0 Å². The van der Waals surface area contributed by atoms with E-state index >= 15 is 0 Å². The van der Waals surface area contributed by atoms with E-state index in [4.69, 9.17) is 0 Å². The van der Waals surface area contributed by atoms with Crippen molar-refractivity contribution >= 4 is 27.0 Å². The number of fused-ring (bicyclic) bond motifs is 3. The first-order valence-corrected chi connectivity index (χ1v) is 19.5. The van der Waals surface area contributed by atoms with Gasteiger partial charge in [-0.3, -0.25) is 6.08 Å². The second kappa shape index (κ2) is 14.7. The zero-order valence-electron chi connectivity index (χ0n) is 24.2. The van der Waals surface area contributed by atoms with Crippen LogP contribution in [0.15, 0.2) is 60.7 Å². The maximum atomic E-state index is 2.99. The summed E-state index contributed by atoms with van der Waals surface area (Å²) < 4.78 is 0. The molecule has 0 aliphatic heterocycles. The Hall–Kier alpha value is -1.11. The third-order valence-corrected chi connectivity index (χ3v) is 12.3. The topological polar surface area (TPSA) is 0 Å². The molecule has 0 saturated carbocycles. The Bertz CT molecular complexity index is 1070. The molecule has 3 aromatic rings. The van der Waals surface area contributed by atoms with Crippen molar-refractivity contribution in [2.24, 2.45) is 0 Å². The number of hydrogen-bond acceptors (Lipinski definition) is 0. The summed E-state index contributed by atoms with van der Waals surface area (Å²) >= 11 is 1.86. The fourth-order valence-corrected chi connectivity index (χ4v) is 8.62. The molecule has 1 aliphatic rings. The summed E-state index contributed by atoms with van der Waals surface area (Å²) in [7, 11) is 0. The molecule has 2 heteroatoms. The van der Waals surface area contributed by atoms with Crippen molar-refractivity contribution in [3.63, 3.8) is 0 Å². The Morgan fingerprint density at radius 1 is 0.806 bits per heavy atom. The predicted octanol–water partition coefficient (Wildman–Crippen LogP) is 10.7. The number of hydrogen-bond donors (Lipinski definition) is 0. The van der Waals surface area contributed by atoms with Gasteiger partial charge in [-0.1, -0.05) is 76.9 Å². The standard InChI is InChI=1S/C21H25.C8H18Si.C5H5.Zr/c1-20(2,3)16-7-9-18-14(12-16)11-15-13-17(21(4,5)6)8-10-19(15)18;1-3-5-7-9-8-6-4-2;1-2-4-5-3-1;/h7-13H,1-6H3;3-8H2,1-2H3;1-3H,4H2;/q-1;;-1;+2. The minimum absolute atomic E-state index is 0.175. The molecule has 0 heterocycles. The smallest absolute Gasteiger partial charge is 0.109 e. The van der Waals surface area contributed by atoms with Crippen LogP contribution in [0.4, 0.5) is 0 Å². The predicted molar refractivity (Wildman–Crippen MR) is 161 cm³/mol. The van der Waals surface area contributed by atoms with E-state index in [9.17, 15) is 0 Å². The van der Waals surface area contributed by atoms with Gasteiger partial charge >= 0.3 is 80.4 Å². The molecule has 0 saturated heterocycles. The van der Waals surface area contributed by atoms with E-state index in [0.29, 0.717) is 0 Å². The average Bonchev–Trinajstić information content (AvgIpc) is 3.51. The molecular weight excluding hydrogens is 528 g/mol. The maximum Gasteiger partial charge on any atom is -0.109 e. The Morgan fingerprint density at radius 2 is 1.28 bits per heavy atom. The molecule has 0 bridgehead atoms. The van der Waals surface area contributed by atoms with Crippen molar-refractivity contribution in [3.8, 4) is 0 Å². The molecule has 3 aromatic carbocycles. The van der Waals surface area contributed by atoms with Crippen LogP contribution >= 0.6 is 0 Å². The quantitative estimate of drug-likeness (QED) is 0.202. The summed E-state index contributed by atoms with van der Waals surface area (Å²) in [5.41, 5.74) is 3.39. The second-order valence-electron chi connectivity index (χ2n) is 12.1. The van der Waals surface area contributed by atoms with Crippen molar-refractivity contribution in [3.05, 3.63) is 77.9 Å². The Balaban J connectivity index is 0.000000252. The fraction of sp³-hybridized carbons (Fsp3) is 0.500. The van der Waals surface area contributed by atoms with Gasteiger partial charge in [0, 0.05) is 0 Å². The molecule has 4 rings (SSSR count). The van der Waals surface area contributed by atoms with Crippen molar-refractivity contribution in [1.82, 2.24) is 0 Å². The minimum Gasteiger partial charge on any atom is -0.273 e. The zero-order valence-corrected chi connectivity index (χ0v) is 27.7. The van der Waals surface area contributed by atoms with Gasteiger partial charge in [0.05, 0.1) is 0 Å². The molecule has 1 aliphatic carbocycles. The van der Waals surface area contributed by atoms with E-state index in [1.165, 1.54) is 58.4 Å². The van der Waals surface area contributed by atoms with Gasteiger partial charge in [-0.2, -0.15) is 6.08 Å². The van der Waals surface area contributed by atoms with Gasteiger partial charge < -0.3 is 0 Å². The van der Waals surface area contributed by atoms with E-state index in [0.717, 1.165) is 6.42 Å². The normalized spacial score (nSPS) is 12.9. The van der Waals surface area contributed by atoms with Crippen LogP contribution in [0.1, 0.15) is 98.6 Å². The molecule has 36 heavy (non-hydrogen) atoms. The number of rotatable bonds is 6. The molecule has 0 spiro atoms. The monoisotopic (exact) mass is 574 g/mol. The average molecular weight is 576 g/mol. The number of unbranched alkanes of at least 4 members (excludes halogenated alkanes) is 2. The molecule has 0 atom stereocenters. The van der Waals surface area contributed by atoms with E-state index in [1.54, 1.807) is 12.1 Å². The van der Waals surface area contributed by atoms with Gasteiger partial charge in [-0.05, 0) is 10.8 Å². The molecule has 0 radical (unpaired) electrons. The largest absolute Gasteiger partial charge is 0.273 e. The van der Waals surface area contributed by atoms with Crippen LogP contribution in [0.5, 0.6) is 0 Å². The van der Waals surface area contributed by atoms with Gasteiger partial charge in [-0.25, -0.2) is 12.2 Å². The van der Waals surface area contributed by atoms with Crippen LogP contribution in [0.2, 0.25) is 12.1 Å². The summed E-state index contributed by atoms with van der Waals surface area (Å²) in [5.74, 6) is 0. The second-order valence-corrected chi connectivity index (χ2v) is 19.5. The van der Waals surface area contributed by atoms with Crippen molar-refractivity contribution in [1.29, 1.82) is 0 Å². The van der Waals surface area contributed by atoms with E-state index in [-0.39, 0.29) is 16.3 Å². The third kappa shape index (κ3) is 9.98. The van der Waals surface area contributed by atoms with Gasteiger partial charge in [0.2, 0.25) is 0 Å². The van der Waals surface area contributed by atoms with Crippen LogP contribution in [0, 0.1) is 6.08 Å². The van der Waals surface area contributed by atoms with Gasteiger partial charge in [0.15, 0.2) is 0 Å². The van der Waals surface area contributed by atoms with Crippen molar-refractivity contribution in [2.45, 2.75) is 110 Å². The van der Waals surface area contributed by atoms with Gasteiger partial charge in [0.25, 0.3) is 0 Å². The van der Waals surface area contributed by atoms with E-state index in [1.807, 2.05) is 35.5 Å². The molecular formula is C34H48SiZr. The minimum atomic E-state index is 0.175. The SMILES string of the molecule is CC(C)(C)c1ccc2c(c1)[cH-]c1cc(C(C)(C)C)ccc12.CCCC[Si](=[Zr+2])CCCC.[C-]1=CC=CC1. The summed E-state index contributed by atoms with van der Waals surface area (Å²) in [6, 6.07) is 19.3. The van der Waals surface area contributed by atoms with Crippen LogP contribution in [-0.2, 0) is 34.2 Å². The summed E-state index contributed by atoms with van der Waals surface area (Å²) in [6.07, 6.45) is 15.8. The van der Waals surface area contributed by atoms with E-state index < -0.39 is 0 Å². The Morgan fingerprint density at radius 3 is 1.58 bits per heavy atom. The molecule has 0 aromatic heterocycles.